The first-order chi connectivity index (χ1) is 14.2. The Hall–Kier alpha value is -2.14. The lowest BCUT2D eigenvalue weighted by Crippen LogP contribution is -2.65. The molecular weight excluding hydrogens is 559 g/mol. The summed E-state index contributed by atoms with van der Waals surface area (Å²) < 4.78 is 188. The number of rotatable bonds is 10. The quantitative estimate of drug-likeness (QED) is 0.212. The van der Waals surface area contributed by atoms with E-state index in [9.17, 15) is 74.4 Å². The van der Waals surface area contributed by atoms with Gasteiger partial charge in [0.1, 0.15) is 0 Å². The summed E-state index contributed by atoms with van der Waals surface area (Å²) in [6, 6.07) is 0. The summed E-state index contributed by atoms with van der Waals surface area (Å²) in [6.07, 6.45) is 0. The minimum absolute atomic E-state index is 0.0426. The second kappa shape index (κ2) is 8.90. The Labute approximate surface area is 178 Å². The number of alkyl halides is 9. The summed E-state index contributed by atoms with van der Waals surface area (Å²) in [7, 11) is -22.7. The van der Waals surface area contributed by atoms with Gasteiger partial charge in [-0.25, -0.2) is 26.4 Å². The van der Waals surface area contributed by atoms with Gasteiger partial charge in [-0.3, -0.25) is 4.79 Å². The number of nitrogens with one attached hydrogen (secondary N) is 2. The predicted octanol–water partition coefficient (Wildman–Crippen LogP) is 0.142. The van der Waals surface area contributed by atoms with Crippen molar-refractivity contribution in [1.82, 2.24) is 8.85 Å². The van der Waals surface area contributed by atoms with E-state index < -0.39 is 80.2 Å². The summed E-state index contributed by atoms with van der Waals surface area (Å²) in [5.41, 5.74) is -7.15. The van der Waals surface area contributed by atoms with Gasteiger partial charge in [-0.1, -0.05) is 10.7 Å². The molecule has 23 heteroatoms. The van der Waals surface area contributed by atoms with Crippen molar-refractivity contribution >= 4 is 41.9 Å². The SMILES string of the molecule is C=C(C)C(=O)OCC(=O)NS(=O)(=O)C(F)(F)C(F)(F)C(F)(F)S(=O)(=O)NS(=O)(=O)C(F)(F)F. The van der Waals surface area contributed by atoms with E-state index in [4.69, 9.17) is 0 Å². The second-order valence-corrected chi connectivity index (χ2v) is 10.9. The Bertz CT molecular complexity index is 1140. The molecule has 194 valence electrons. The van der Waals surface area contributed by atoms with Crippen LogP contribution in [0.1, 0.15) is 6.92 Å². The van der Waals surface area contributed by atoms with Gasteiger partial charge in [0.05, 0.1) is 0 Å². The summed E-state index contributed by atoms with van der Waals surface area (Å²) >= 11 is 0. The number of hydrogen-bond donors (Lipinski definition) is 2. The highest BCUT2D eigenvalue weighted by Gasteiger charge is 2.82. The first-order valence-electron chi connectivity index (χ1n) is 7.03. The largest absolute Gasteiger partial charge is 0.512 e. The standard InChI is InChI=1S/C10H9F9N2O9S3/c1-4(2)6(23)30-3-5(22)20-31(24,25)8(13,14)7(11,12)9(15,16)32(26,27)21-33(28,29)10(17,18)19/h21H,1,3H2,2H3,(H,20,22). The zero-order valence-corrected chi connectivity index (χ0v) is 17.7. The van der Waals surface area contributed by atoms with Crippen LogP contribution in [-0.2, 0) is 44.4 Å². The molecule has 0 aliphatic rings. The molecular formula is C10H9F9N2O9S3. The molecule has 0 bridgehead atoms. The molecule has 0 aromatic carbocycles. The van der Waals surface area contributed by atoms with Crippen LogP contribution in [0, 0.1) is 0 Å². The van der Waals surface area contributed by atoms with Crippen LogP contribution in [0.3, 0.4) is 0 Å². The van der Waals surface area contributed by atoms with E-state index >= 15 is 0 Å². The van der Waals surface area contributed by atoms with Crippen LogP contribution in [0.2, 0.25) is 0 Å². The Morgan fingerprint density at radius 2 is 1.18 bits per heavy atom. The summed E-state index contributed by atoms with van der Waals surface area (Å²) in [4.78, 5) is 22.2. The fourth-order valence-electron chi connectivity index (χ4n) is 1.25. The van der Waals surface area contributed by atoms with E-state index in [0.717, 1.165) is 6.92 Å². The van der Waals surface area contributed by atoms with Crippen molar-refractivity contribution < 1.29 is 79.1 Å². The maximum absolute atomic E-state index is 13.7. The highest BCUT2D eigenvalue weighted by atomic mass is 32.3. The van der Waals surface area contributed by atoms with Gasteiger partial charge < -0.3 is 4.74 Å². The van der Waals surface area contributed by atoms with Crippen molar-refractivity contribution in [2.24, 2.45) is 0 Å². The van der Waals surface area contributed by atoms with Crippen LogP contribution in [-0.4, -0.2) is 65.7 Å². The number of sulfonamides is 3. The molecule has 33 heavy (non-hydrogen) atoms. The van der Waals surface area contributed by atoms with Gasteiger partial charge in [0, 0.05) is 5.57 Å². The average Bonchev–Trinajstić information content (AvgIpc) is 2.56. The average molecular weight is 568 g/mol. The molecule has 0 spiro atoms. The molecule has 0 aliphatic carbocycles. The number of ether oxygens (including phenoxy) is 1. The molecule has 1 amide bonds. The Morgan fingerprint density at radius 1 is 0.788 bits per heavy atom. The lowest BCUT2D eigenvalue weighted by Gasteiger charge is -2.31. The molecule has 0 unspecified atom stereocenters. The van der Waals surface area contributed by atoms with E-state index in [2.05, 4.69) is 11.3 Å². The number of amides is 1. The van der Waals surface area contributed by atoms with Crippen molar-refractivity contribution in [2.45, 2.75) is 28.9 Å². The van der Waals surface area contributed by atoms with Crippen molar-refractivity contribution in [3.8, 4) is 0 Å². The monoisotopic (exact) mass is 568 g/mol. The van der Waals surface area contributed by atoms with Crippen LogP contribution in [0.5, 0.6) is 0 Å². The van der Waals surface area contributed by atoms with Crippen LogP contribution in [0.25, 0.3) is 0 Å². The van der Waals surface area contributed by atoms with Crippen molar-refractivity contribution in [3.63, 3.8) is 0 Å². The third kappa shape index (κ3) is 5.87. The molecule has 0 radical (unpaired) electrons. The van der Waals surface area contributed by atoms with Crippen LogP contribution in [0.15, 0.2) is 12.2 Å². The van der Waals surface area contributed by atoms with Crippen molar-refractivity contribution in [2.75, 3.05) is 6.61 Å². The summed E-state index contributed by atoms with van der Waals surface area (Å²) in [5.74, 6) is -11.5. The number of carbonyl (C=O) groups excluding carboxylic acids is 2. The van der Waals surface area contributed by atoms with Gasteiger partial charge in [0.25, 0.3) is 15.9 Å². The van der Waals surface area contributed by atoms with Gasteiger partial charge in [-0.15, -0.1) is 0 Å². The molecule has 0 aromatic rings. The summed E-state index contributed by atoms with van der Waals surface area (Å²) in [6.45, 7) is 2.15. The molecule has 0 aliphatic heterocycles. The zero-order valence-electron chi connectivity index (χ0n) is 15.2. The maximum Gasteiger partial charge on any atom is 0.512 e. The Balaban J connectivity index is 6.15. The van der Waals surface area contributed by atoms with Gasteiger partial charge in [-0.2, -0.15) is 47.9 Å². The minimum atomic E-state index is -7.94. The first-order valence-corrected chi connectivity index (χ1v) is 11.5. The molecule has 11 nitrogen and oxygen atoms in total. The van der Waals surface area contributed by atoms with E-state index in [-0.39, 0.29) is 4.72 Å². The van der Waals surface area contributed by atoms with E-state index in [1.54, 1.807) is 0 Å². The number of carbonyl (C=O) groups is 2. The van der Waals surface area contributed by atoms with Crippen molar-refractivity contribution in [1.29, 1.82) is 0 Å². The molecule has 0 saturated heterocycles. The lowest BCUT2D eigenvalue weighted by molar-refractivity contribution is -0.244. The van der Waals surface area contributed by atoms with E-state index in [0.29, 0.717) is 0 Å². The zero-order chi connectivity index (χ0) is 27.1. The van der Waals surface area contributed by atoms with Crippen LogP contribution in [0.4, 0.5) is 39.5 Å². The normalized spacial score (nSPS) is 14.5. The fraction of sp³-hybridized carbons (Fsp3) is 0.600. The minimum Gasteiger partial charge on any atom is -0.452 e. The highest BCUT2D eigenvalue weighted by molar-refractivity contribution is 8.05. The van der Waals surface area contributed by atoms with Gasteiger partial charge in [-0.05, 0) is 6.92 Å². The highest BCUT2D eigenvalue weighted by Crippen LogP contribution is 2.50. The molecule has 0 saturated carbocycles. The number of halogens is 9. The van der Waals surface area contributed by atoms with Gasteiger partial charge in [0.15, 0.2) is 6.61 Å². The van der Waals surface area contributed by atoms with Gasteiger partial charge >= 0.3 is 48.0 Å². The smallest absolute Gasteiger partial charge is 0.452 e. The van der Waals surface area contributed by atoms with Crippen LogP contribution < -0.4 is 8.85 Å². The molecule has 0 aromatic heterocycles. The Morgan fingerprint density at radius 3 is 1.55 bits per heavy atom. The third-order valence-corrected chi connectivity index (χ3v) is 7.59. The predicted molar refractivity (Wildman–Crippen MR) is 84.7 cm³/mol. The van der Waals surface area contributed by atoms with Gasteiger partial charge in [0.2, 0.25) is 0 Å². The summed E-state index contributed by atoms with van der Waals surface area (Å²) in [5, 5.41) is -14.8. The number of esters is 1. The van der Waals surface area contributed by atoms with E-state index in [1.807, 2.05) is 0 Å². The Kier molecular flexibility index (Phi) is 8.32. The van der Waals surface area contributed by atoms with E-state index in [1.165, 1.54) is 0 Å². The second-order valence-electron chi connectivity index (χ2n) is 5.53. The first kappa shape index (κ1) is 30.9. The van der Waals surface area contributed by atoms with Crippen LogP contribution >= 0.6 is 0 Å². The molecule has 0 fully saturated rings. The third-order valence-electron chi connectivity index (χ3n) is 2.86. The molecule has 0 rings (SSSR count). The number of hydrogen-bond acceptors (Lipinski definition) is 9. The molecule has 0 atom stereocenters. The molecule has 2 N–H and O–H groups in total. The lowest BCUT2D eigenvalue weighted by atomic mass is 10.3. The maximum atomic E-state index is 13.7. The van der Waals surface area contributed by atoms with Crippen molar-refractivity contribution in [3.05, 3.63) is 12.2 Å². The molecule has 0 heterocycles. The fourth-order valence-corrected chi connectivity index (χ4v) is 4.68. The topological polar surface area (TPSA) is 170 Å².